The van der Waals surface area contributed by atoms with Crippen LogP contribution in [0.15, 0.2) is 17.5 Å². The third kappa shape index (κ3) is 5.12. The van der Waals surface area contributed by atoms with Crippen molar-refractivity contribution in [1.29, 1.82) is 0 Å². The van der Waals surface area contributed by atoms with Gasteiger partial charge in [0.1, 0.15) is 0 Å². The van der Waals surface area contributed by atoms with Gasteiger partial charge in [0.25, 0.3) is 0 Å². The SMILES string of the molecule is CC(C)CC(NC(=O)Cc1cccs1)[B-](F)(F)F. The molecule has 0 saturated carbocycles. The number of rotatable bonds is 6. The van der Waals surface area contributed by atoms with Crippen LogP contribution in [0.2, 0.25) is 0 Å². The van der Waals surface area contributed by atoms with Gasteiger partial charge in [-0.1, -0.05) is 26.3 Å². The van der Waals surface area contributed by atoms with Crippen molar-refractivity contribution in [2.24, 2.45) is 5.92 Å². The average molecular weight is 278 g/mol. The number of hydrogen-bond acceptors (Lipinski definition) is 2. The van der Waals surface area contributed by atoms with Crippen LogP contribution in [0.5, 0.6) is 0 Å². The van der Waals surface area contributed by atoms with Gasteiger partial charge >= 0.3 is 6.98 Å². The fraction of sp³-hybridized carbons (Fsp3) is 0.545. The van der Waals surface area contributed by atoms with Crippen LogP contribution in [-0.2, 0) is 11.2 Å². The van der Waals surface area contributed by atoms with E-state index >= 15 is 0 Å². The van der Waals surface area contributed by atoms with Crippen molar-refractivity contribution in [2.75, 3.05) is 0 Å². The summed E-state index contributed by atoms with van der Waals surface area (Å²) in [6, 6.07) is 3.51. The molecule has 1 heterocycles. The summed E-state index contributed by atoms with van der Waals surface area (Å²) < 4.78 is 38.3. The third-order valence-corrected chi connectivity index (χ3v) is 3.32. The Balaban J connectivity index is 2.57. The van der Waals surface area contributed by atoms with Crippen molar-refractivity contribution in [2.45, 2.75) is 32.6 Å². The van der Waals surface area contributed by atoms with Crippen LogP contribution < -0.4 is 5.32 Å². The molecule has 7 heteroatoms. The molecule has 1 atom stereocenters. The summed E-state index contributed by atoms with van der Waals surface area (Å²) in [5.74, 6) is -2.37. The summed E-state index contributed by atoms with van der Waals surface area (Å²) in [5.41, 5.74) is 0. The molecule has 0 saturated heterocycles. The lowest BCUT2D eigenvalue weighted by Gasteiger charge is -2.29. The number of nitrogens with one attached hydrogen (secondary N) is 1. The number of halogens is 3. The highest BCUT2D eigenvalue weighted by atomic mass is 32.1. The highest BCUT2D eigenvalue weighted by Crippen LogP contribution is 2.20. The fourth-order valence-corrected chi connectivity index (χ4v) is 2.35. The monoisotopic (exact) mass is 278 g/mol. The zero-order valence-electron chi connectivity index (χ0n) is 10.3. The molecule has 0 fully saturated rings. The first kappa shape index (κ1) is 15.1. The van der Waals surface area contributed by atoms with Crippen molar-refractivity contribution in [3.05, 3.63) is 22.4 Å². The Hall–Kier alpha value is -0.975. The molecule has 0 bridgehead atoms. The summed E-state index contributed by atoms with van der Waals surface area (Å²) in [7, 11) is 0. The molecule has 0 aliphatic rings. The van der Waals surface area contributed by atoms with E-state index in [0.29, 0.717) is 0 Å². The standard InChI is InChI=1S/C11H16BF3NOS/c1-8(2)6-10(12(13,14)15)16-11(17)7-9-4-3-5-18-9/h3-5,8,10H,6-7H2,1-2H3,(H,16,17)/q-1. The Morgan fingerprint density at radius 2 is 2.11 bits per heavy atom. The molecule has 1 aromatic rings. The Kier molecular flexibility index (Phi) is 5.25. The van der Waals surface area contributed by atoms with Crippen molar-refractivity contribution in [3.8, 4) is 0 Å². The molecule has 18 heavy (non-hydrogen) atoms. The Morgan fingerprint density at radius 3 is 2.56 bits per heavy atom. The molecular weight excluding hydrogens is 262 g/mol. The van der Waals surface area contributed by atoms with E-state index in [1.54, 1.807) is 31.4 Å². The second-order valence-electron chi connectivity index (χ2n) is 4.69. The maximum atomic E-state index is 12.8. The smallest absolute Gasteiger partial charge is 0.448 e. The highest BCUT2D eigenvalue weighted by molar-refractivity contribution is 7.10. The van der Waals surface area contributed by atoms with Gasteiger partial charge in [-0.3, -0.25) is 4.79 Å². The Bertz CT molecular complexity index is 378. The fourth-order valence-electron chi connectivity index (χ4n) is 1.64. The molecule has 1 amide bonds. The van der Waals surface area contributed by atoms with Gasteiger partial charge in [0.15, 0.2) is 0 Å². The molecule has 0 aromatic carbocycles. The van der Waals surface area contributed by atoms with Crippen LogP contribution in [0.4, 0.5) is 12.9 Å². The lowest BCUT2D eigenvalue weighted by atomic mass is 9.75. The molecule has 1 N–H and O–H groups in total. The van der Waals surface area contributed by atoms with E-state index in [1.165, 1.54) is 11.3 Å². The molecule has 0 aliphatic heterocycles. The summed E-state index contributed by atoms with van der Waals surface area (Å²) in [5, 5.41) is 3.89. The Morgan fingerprint density at radius 1 is 1.44 bits per heavy atom. The van der Waals surface area contributed by atoms with Crippen molar-refractivity contribution in [1.82, 2.24) is 5.32 Å². The molecule has 0 spiro atoms. The number of hydrogen-bond donors (Lipinski definition) is 1. The predicted molar refractivity (Wildman–Crippen MR) is 68.5 cm³/mol. The van der Waals surface area contributed by atoms with Gasteiger partial charge in [0.05, 0.1) is 6.42 Å². The van der Waals surface area contributed by atoms with Gasteiger partial charge in [-0.05, 0) is 23.3 Å². The largest absolute Gasteiger partial charge is 0.500 e. The molecule has 1 unspecified atom stereocenters. The second-order valence-corrected chi connectivity index (χ2v) is 5.72. The van der Waals surface area contributed by atoms with E-state index in [0.717, 1.165) is 4.88 Å². The molecule has 1 aromatic heterocycles. The summed E-state index contributed by atoms with van der Waals surface area (Å²) in [4.78, 5) is 12.3. The number of carbonyl (C=O) groups is 1. The first-order chi connectivity index (χ1) is 8.29. The van der Waals surface area contributed by atoms with Crippen LogP contribution in [0.1, 0.15) is 25.1 Å². The minimum atomic E-state index is -5.05. The normalized spacial score (nSPS) is 13.7. The average Bonchev–Trinajstić information content (AvgIpc) is 2.67. The van der Waals surface area contributed by atoms with Gasteiger partial charge in [-0.25, -0.2) is 0 Å². The first-order valence-electron chi connectivity index (χ1n) is 5.80. The van der Waals surface area contributed by atoms with Gasteiger partial charge in [0.2, 0.25) is 5.91 Å². The van der Waals surface area contributed by atoms with E-state index in [4.69, 9.17) is 0 Å². The van der Waals surface area contributed by atoms with Crippen molar-refractivity contribution < 1.29 is 17.7 Å². The van der Waals surface area contributed by atoms with Crippen LogP contribution in [0.25, 0.3) is 0 Å². The topological polar surface area (TPSA) is 29.1 Å². The molecule has 1 rings (SSSR count). The lowest BCUT2D eigenvalue weighted by molar-refractivity contribution is -0.120. The summed E-state index contributed by atoms with van der Waals surface area (Å²) >= 11 is 1.36. The maximum absolute atomic E-state index is 12.8. The van der Waals surface area contributed by atoms with Crippen molar-refractivity contribution in [3.63, 3.8) is 0 Å². The first-order valence-corrected chi connectivity index (χ1v) is 6.68. The second kappa shape index (κ2) is 6.27. The van der Waals surface area contributed by atoms with Gasteiger partial charge < -0.3 is 18.3 Å². The van der Waals surface area contributed by atoms with E-state index in [2.05, 4.69) is 5.32 Å². The molecular formula is C11H16BF3NOS-. The van der Waals surface area contributed by atoms with Gasteiger partial charge in [0, 0.05) is 4.88 Å². The van der Waals surface area contributed by atoms with E-state index < -0.39 is 18.8 Å². The van der Waals surface area contributed by atoms with E-state index in [9.17, 15) is 17.7 Å². The number of thiophene rings is 1. The van der Waals surface area contributed by atoms with Gasteiger partial charge in [-0.15, -0.1) is 11.3 Å². The third-order valence-electron chi connectivity index (χ3n) is 2.44. The van der Waals surface area contributed by atoms with E-state index in [-0.39, 0.29) is 18.8 Å². The van der Waals surface area contributed by atoms with Crippen LogP contribution in [0, 0.1) is 5.92 Å². The molecule has 0 aliphatic carbocycles. The van der Waals surface area contributed by atoms with Crippen LogP contribution in [0.3, 0.4) is 0 Å². The number of carbonyl (C=O) groups excluding carboxylic acids is 1. The minimum Gasteiger partial charge on any atom is -0.448 e. The summed E-state index contributed by atoms with van der Waals surface area (Å²) in [6.45, 7) is -1.63. The zero-order valence-corrected chi connectivity index (χ0v) is 11.1. The lowest BCUT2D eigenvalue weighted by Crippen LogP contribution is -2.50. The van der Waals surface area contributed by atoms with Crippen LogP contribution >= 0.6 is 11.3 Å². The van der Waals surface area contributed by atoms with Crippen molar-refractivity contribution >= 4 is 24.2 Å². The Labute approximate surface area is 109 Å². The zero-order chi connectivity index (χ0) is 13.8. The molecule has 102 valence electrons. The molecule has 0 radical (unpaired) electrons. The van der Waals surface area contributed by atoms with E-state index in [1.807, 2.05) is 0 Å². The molecule has 2 nitrogen and oxygen atoms in total. The predicted octanol–water partition coefficient (Wildman–Crippen LogP) is 3.21. The quantitative estimate of drug-likeness (QED) is 0.795. The van der Waals surface area contributed by atoms with Crippen LogP contribution in [-0.4, -0.2) is 18.8 Å². The minimum absolute atomic E-state index is 0.0123. The maximum Gasteiger partial charge on any atom is 0.500 e. The van der Waals surface area contributed by atoms with Gasteiger partial charge in [-0.2, -0.15) is 0 Å². The summed E-state index contributed by atoms with van der Waals surface area (Å²) in [6.07, 6.45) is -0.0574. The number of amides is 1. The highest BCUT2D eigenvalue weighted by Gasteiger charge is 2.36.